The van der Waals surface area contributed by atoms with Crippen LogP contribution >= 0.6 is 22.9 Å². The molecule has 4 rings (SSSR count). The van der Waals surface area contributed by atoms with Crippen molar-refractivity contribution >= 4 is 34.5 Å². The van der Waals surface area contributed by atoms with Crippen molar-refractivity contribution in [2.45, 2.75) is 6.92 Å². The number of carbonyl (C=O) groups is 1. The molecule has 0 fully saturated rings. The van der Waals surface area contributed by atoms with Gasteiger partial charge in [0.05, 0.1) is 11.4 Å². The zero-order valence-corrected chi connectivity index (χ0v) is 15.5. The number of thiazole rings is 1. The average Bonchev–Trinajstić information content (AvgIpc) is 3.32. The number of aryl methyl sites for hydroxylation is 1. The standard InChI is InChI=1S/C19H14N4OS2/c1-12-17(26-23-22-12)18(24)20-15-9-7-13(8-10-15)16-11-25-19(21-16)14-5-3-2-4-6-14/h2-11H,1H3,(H,20,24). The summed E-state index contributed by atoms with van der Waals surface area (Å²) in [5, 5.41) is 9.77. The van der Waals surface area contributed by atoms with Crippen molar-refractivity contribution in [3.63, 3.8) is 0 Å². The minimum Gasteiger partial charge on any atom is -0.321 e. The van der Waals surface area contributed by atoms with Crippen LogP contribution in [0.5, 0.6) is 0 Å². The lowest BCUT2D eigenvalue weighted by Crippen LogP contribution is -2.11. The van der Waals surface area contributed by atoms with Crippen molar-refractivity contribution < 1.29 is 4.79 Å². The van der Waals surface area contributed by atoms with Crippen LogP contribution in [-0.4, -0.2) is 20.5 Å². The Bertz CT molecular complexity index is 1040. The van der Waals surface area contributed by atoms with Crippen molar-refractivity contribution in [3.8, 4) is 21.8 Å². The molecule has 0 bridgehead atoms. The molecule has 2 aromatic carbocycles. The second-order valence-corrected chi connectivity index (χ2v) is 7.24. The van der Waals surface area contributed by atoms with Gasteiger partial charge in [-0.05, 0) is 30.6 Å². The van der Waals surface area contributed by atoms with Gasteiger partial charge in [0.25, 0.3) is 5.91 Å². The maximum atomic E-state index is 12.2. The third-order valence-corrected chi connectivity index (χ3v) is 5.54. The van der Waals surface area contributed by atoms with Crippen LogP contribution in [0, 0.1) is 6.92 Å². The predicted octanol–water partition coefficient (Wildman–Crippen LogP) is 4.89. The summed E-state index contributed by atoms with van der Waals surface area (Å²) in [4.78, 5) is 17.5. The van der Waals surface area contributed by atoms with Crippen LogP contribution in [-0.2, 0) is 0 Å². The number of hydrogen-bond acceptors (Lipinski definition) is 6. The molecule has 0 atom stereocenters. The van der Waals surface area contributed by atoms with E-state index in [0.717, 1.165) is 39.0 Å². The molecular weight excluding hydrogens is 364 g/mol. The second kappa shape index (κ2) is 7.15. The fourth-order valence-electron chi connectivity index (χ4n) is 2.47. The number of anilines is 1. The Hall–Kier alpha value is -2.90. The molecule has 0 saturated heterocycles. The first kappa shape index (κ1) is 16.6. The first-order chi connectivity index (χ1) is 12.7. The molecule has 0 aliphatic heterocycles. The van der Waals surface area contributed by atoms with Crippen molar-refractivity contribution in [1.29, 1.82) is 0 Å². The molecule has 1 N–H and O–H groups in total. The molecule has 1 amide bonds. The van der Waals surface area contributed by atoms with E-state index in [1.165, 1.54) is 0 Å². The van der Waals surface area contributed by atoms with Crippen LogP contribution in [0.15, 0.2) is 60.0 Å². The Morgan fingerprint density at radius 1 is 1.00 bits per heavy atom. The lowest BCUT2D eigenvalue weighted by Gasteiger charge is -2.04. The minimum atomic E-state index is -0.190. The number of nitrogens with one attached hydrogen (secondary N) is 1. The molecule has 0 unspecified atom stereocenters. The minimum absolute atomic E-state index is 0.190. The third-order valence-electron chi connectivity index (χ3n) is 3.82. The highest BCUT2D eigenvalue weighted by atomic mass is 32.1. The zero-order chi connectivity index (χ0) is 17.9. The Morgan fingerprint density at radius 3 is 2.46 bits per heavy atom. The van der Waals surface area contributed by atoms with E-state index in [4.69, 9.17) is 4.98 Å². The summed E-state index contributed by atoms with van der Waals surface area (Å²) in [6.07, 6.45) is 0. The molecule has 4 aromatic rings. The van der Waals surface area contributed by atoms with E-state index in [2.05, 4.69) is 27.0 Å². The van der Waals surface area contributed by atoms with Gasteiger partial charge in [0.2, 0.25) is 0 Å². The van der Waals surface area contributed by atoms with E-state index < -0.39 is 0 Å². The average molecular weight is 378 g/mol. The van der Waals surface area contributed by atoms with Crippen molar-refractivity contribution in [1.82, 2.24) is 14.6 Å². The van der Waals surface area contributed by atoms with Crippen molar-refractivity contribution in [2.24, 2.45) is 0 Å². The number of carbonyl (C=O) groups excluding carboxylic acids is 1. The monoisotopic (exact) mass is 378 g/mol. The summed E-state index contributed by atoms with van der Waals surface area (Å²) in [5.41, 5.74) is 4.41. The number of hydrogen-bond donors (Lipinski definition) is 1. The van der Waals surface area contributed by atoms with Crippen LogP contribution in [0.4, 0.5) is 5.69 Å². The highest BCUT2D eigenvalue weighted by molar-refractivity contribution is 7.13. The molecule has 0 aliphatic rings. The molecule has 0 saturated carbocycles. The summed E-state index contributed by atoms with van der Waals surface area (Å²) < 4.78 is 3.79. The van der Waals surface area contributed by atoms with E-state index in [9.17, 15) is 4.79 Å². The molecule has 0 radical (unpaired) electrons. The van der Waals surface area contributed by atoms with E-state index in [1.807, 2.05) is 47.8 Å². The summed E-state index contributed by atoms with van der Waals surface area (Å²) in [5.74, 6) is -0.190. The molecule has 2 heterocycles. The molecule has 0 aliphatic carbocycles. The van der Waals surface area contributed by atoms with Crippen LogP contribution in [0.3, 0.4) is 0 Å². The van der Waals surface area contributed by atoms with E-state index >= 15 is 0 Å². The van der Waals surface area contributed by atoms with Gasteiger partial charge in [-0.25, -0.2) is 4.98 Å². The summed E-state index contributed by atoms with van der Waals surface area (Å²) >= 11 is 2.71. The van der Waals surface area contributed by atoms with Crippen LogP contribution in [0.25, 0.3) is 21.8 Å². The molecule has 7 heteroatoms. The Kier molecular flexibility index (Phi) is 4.55. The number of benzene rings is 2. The third kappa shape index (κ3) is 3.40. The quantitative estimate of drug-likeness (QED) is 0.549. The highest BCUT2D eigenvalue weighted by Crippen LogP contribution is 2.29. The van der Waals surface area contributed by atoms with Gasteiger partial charge in [-0.3, -0.25) is 4.79 Å². The molecule has 128 valence electrons. The number of amides is 1. The van der Waals surface area contributed by atoms with Crippen LogP contribution < -0.4 is 5.32 Å². The van der Waals surface area contributed by atoms with E-state index in [1.54, 1.807) is 18.3 Å². The number of aromatic nitrogens is 3. The van der Waals surface area contributed by atoms with E-state index in [0.29, 0.717) is 10.6 Å². The van der Waals surface area contributed by atoms with Gasteiger partial charge in [0.1, 0.15) is 9.88 Å². The topological polar surface area (TPSA) is 67.8 Å². The molecular formula is C19H14N4OS2. The Morgan fingerprint density at radius 2 is 1.77 bits per heavy atom. The first-order valence-corrected chi connectivity index (χ1v) is 9.58. The lowest BCUT2D eigenvalue weighted by atomic mass is 10.1. The van der Waals surface area contributed by atoms with Gasteiger partial charge in [-0.1, -0.05) is 47.0 Å². The van der Waals surface area contributed by atoms with Gasteiger partial charge in [0.15, 0.2) is 0 Å². The normalized spacial score (nSPS) is 10.7. The largest absolute Gasteiger partial charge is 0.321 e. The number of rotatable bonds is 4. The highest BCUT2D eigenvalue weighted by Gasteiger charge is 2.13. The fraction of sp³-hybridized carbons (Fsp3) is 0.0526. The zero-order valence-electron chi connectivity index (χ0n) is 13.8. The van der Waals surface area contributed by atoms with Crippen LogP contribution in [0.2, 0.25) is 0 Å². The first-order valence-electron chi connectivity index (χ1n) is 7.92. The fourth-order valence-corrected chi connectivity index (χ4v) is 3.86. The van der Waals surface area contributed by atoms with Crippen molar-refractivity contribution in [3.05, 3.63) is 70.5 Å². The lowest BCUT2D eigenvalue weighted by molar-refractivity contribution is 0.103. The van der Waals surface area contributed by atoms with Gasteiger partial charge >= 0.3 is 0 Å². The van der Waals surface area contributed by atoms with Gasteiger partial charge in [-0.15, -0.1) is 16.4 Å². The van der Waals surface area contributed by atoms with Crippen molar-refractivity contribution in [2.75, 3.05) is 5.32 Å². The summed E-state index contributed by atoms with van der Waals surface area (Å²) in [6.45, 7) is 1.77. The Labute approximate surface area is 158 Å². The SMILES string of the molecule is Cc1nnsc1C(=O)Nc1ccc(-c2csc(-c3ccccc3)n2)cc1. The van der Waals surface area contributed by atoms with Gasteiger partial charge in [-0.2, -0.15) is 0 Å². The van der Waals surface area contributed by atoms with Gasteiger partial charge in [0, 0.05) is 22.2 Å². The molecule has 0 spiro atoms. The predicted molar refractivity (Wildman–Crippen MR) is 106 cm³/mol. The summed E-state index contributed by atoms with van der Waals surface area (Å²) in [6, 6.07) is 17.8. The van der Waals surface area contributed by atoms with Gasteiger partial charge < -0.3 is 5.32 Å². The number of nitrogens with zero attached hydrogens (tertiary/aromatic N) is 3. The second-order valence-electron chi connectivity index (χ2n) is 5.62. The smallest absolute Gasteiger partial charge is 0.269 e. The maximum absolute atomic E-state index is 12.2. The van der Waals surface area contributed by atoms with E-state index in [-0.39, 0.29) is 5.91 Å². The molecule has 5 nitrogen and oxygen atoms in total. The maximum Gasteiger partial charge on any atom is 0.269 e. The molecule has 26 heavy (non-hydrogen) atoms. The van der Waals surface area contributed by atoms with Crippen LogP contribution in [0.1, 0.15) is 15.4 Å². The Balaban J connectivity index is 1.51. The molecule has 2 aromatic heterocycles. The summed E-state index contributed by atoms with van der Waals surface area (Å²) in [7, 11) is 0.